The Bertz CT molecular complexity index is 348. The van der Waals surface area contributed by atoms with Crippen LogP contribution in [0, 0.1) is 6.92 Å². The highest BCUT2D eigenvalue weighted by Gasteiger charge is 2.07. The molecule has 3 heteroatoms. The highest BCUT2D eigenvalue weighted by molar-refractivity contribution is 9.10. The molecule has 0 heterocycles. The van der Waals surface area contributed by atoms with Crippen LogP contribution in [0.4, 0.5) is 0 Å². The predicted octanol–water partition coefficient (Wildman–Crippen LogP) is 3.20. The highest BCUT2D eigenvalue weighted by atomic mass is 79.9. The fraction of sp³-hybridized carbons (Fsp3) is 0.333. The van der Waals surface area contributed by atoms with Gasteiger partial charge in [0.1, 0.15) is 5.75 Å². The molecular weight excluding hydrogens is 256 g/mol. The largest absolute Gasteiger partial charge is 0.493 e. The van der Waals surface area contributed by atoms with Gasteiger partial charge < -0.3 is 9.84 Å². The van der Waals surface area contributed by atoms with Crippen molar-refractivity contribution in [2.45, 2.75) is 20.0 Å². The Balaban J connectivity index is 2.88. The van der Waals surface area contributed by atoms with Crippen LogP contribution in [-0.2, 0) is 6.61 Å². The second-order valence-corrected chi connectivity index (χ2v) is 4.21. The average Bonchev–Trinajstić information content (AvgIpc) is 2.20. The van der Waals surface area contributed by atoms with Crippen LogP contribution < -0.4 is 4.74 Å². The zero-order chi connectivity index (χ0) is 11.3. The van der Waals surface area contributed by atoms with Crippen molar-refractivity contribution in [3.05, 3.63) is 40.4 Å². The lowest BCUT2D eigenvalue weighted by molar-refractivity contribution is 0.263. The van der Waals surface area contributed by atoms with Gasteiger partial charge >= 0.3 is 0 Å². The van der Waals surface area contributed by atoms with E-state index in [-0.39, 0.29) is 6.61 Å². The van der Waals surface area contributed by atoms with E-state index in [9.17, 15) is 5.11 Å². The normalized spacial score (nSPS) is 10.1. The summed E-state index contributed by atoms with van der Waals surface area (Å²) >= 11 is 3.39. The molecule has 0 atom stereocenters. The number of halogens is 1. The molecule has 0 unspecified atom stereocenters. The molecule has 1 rings (SSSR count). The van der Waals surface area contributed by atoms with E-state index < -0.39 is 0 Å². The van der Waals surface area contributed by atoms with E-state index in [1.165, 1.54) is 0 Å². The third kappa shape index (κ3) is 3.36. The summed E-state index contributed by atoms with van der Waals surface area (Å²) in [4.78, 5) is 0. The maximum atomic E-state index is 9.20. The van der Waals surface area contributed by atoms with E-state index in [2.05, 4.69) is 22.5 Å². The van der Waals surface area contributed by atoms with E-state index in [0.717, 1.165) is 27.8 Å². The van der Waals surface area contributed by atoms with Gasteiger partial charge in [-0.1, -0.05) is 22.0 Å². The third-order valence-corrected chi connectivity index (χ3v) is 2.51. The highest BCUT2D eigenvalue weighted by Crippen LogP contribution is 2.28. The van der Waals surface area contributed by atoms with Crippen molar-refractivity contribution in [3.63, 3.8) is 0 Å². The molecule has 0 aliphatic heterocycles. The molecule has 15 heavy (non-hydrogen) atoms. The minimum Gasteiger partial charge on any atom is -0.493 e. The van der Waals surface area contributed by atoms with Crippen LogP contribution in [0.3, 0.4) is 0 Å². The average molecular weight is 271 g/mol. The van der Waals surface area contributed by atoms with Gasteiger partial charge in [0.25, 0.3) is 0 Å². The Kier molecular flexibility index (Phi) is 4.85. The summed E-state index contributed by atoms with van der Waals surface area (Å²) in [7, 11) is 0. The lowest BCUT2D eigenvalue weighted by Crippen LogP contribution is -2.01. The van der Waals surface area contributed by atoms with Crippen LogP contribution >= 0.6 is 15.9 Å². The molecule has 0 aliphatic rings. The summed E-state index contributed by atoms with van der Waals surface area (Å²) in [6.07, 6.45) is 2.62. The summed E-state index contributed by atoms with van der Waals surface area (Å²) in [5, 5.41) is 9.20. The molecule has 2 nitrogen and oxygen atoms in total. The first kappa shape index (κ1) is 12.3. The summed E-state index contributed by atoms with van der Waals surface area (Å²) < 4.78 is 6.56. The Hall–Kier alpha value is -0.800. The first-order valence-corrected chi connectivity index (χ1v) is 5.62. The molecule has 0 spiro atoms. The van der Waals surface area contributed by atoms with Crippen LogP contribution in [0.1, 0.15) is 17.5 Å². The van der Waals surface area contributed by atoms with Gasteiger partial charge in [-0.05, 0) is 31.0 Å². The standard InChI is InChI=1S/C12H15BrO2/c1-3-4-5-15-12-9(2)6-11(13)7-10(12)8-14/h3,6-7,14H,1,4-5,8H2,2H3. The van der Waals surface area contributed by atoms with Crippen molar-refractivity contribution in [2.75, 3.05) is 6.61 Å². The van der Waals surface area contributed by atoms with Crippen LogP contribution in [0.2, 0.25) is 0 Å². The number of hydrogen-bond donors (Lipinski definition) is 1. The zero-order valence-electron chi connectivity index (χ0n) is 8.79. The van der Waals surface area contributed by atoms with Gasteiger partial charge in [0.2, 0.25) is 0 Å². The maximum absolute atomic E-state index is 9.20. The number of benzene rings is 1. The van der Waals surface area contributed by atoms with Crippen LogP contribution in [-0.4, -0.2) is 11.7 Å². The first-order valence-electron chi connectivity index (χ1n) is 4.82. The monoisotopic (exact) mass is 270 g/mol. The van der Waals surface area contributed by atoms with Gasteiger partial charge in [-0.25, -0.2) is 0 Å². The van der Waals surface area contributed by atoms with Crippen LogP contribution in [0.5, 0.6) is 5.75 Å². The summed E-state index contributed by atoms with van der Waals surface area (Å²) in [5.41, 5.74) is 1.84. The van der Waals surface area contributed by atoms with Crippen molar-refractivity contribution < 1.29 is 9.84 Å². The second-order valence-electron chi connectivity index (χ2n) is 3.29. The summed E-state index contributed by atoms with van der Waals surface area (Å²) in [6, 6.07) is 3.85. The number of aliphatic hydroxyl groups is 1. The van der Waals surface area contributed by atoms with Crippen molar-refractivity contribution in [1.29, 1.82) is 0 Å². The molecule has 0 fully saturated rings. The molecule has 0 radical (unpaired) electrons. The Morgan fingerprint density at radius 1 is 1.53 bits per heavy atom. The molecule has 1 N–H and O–H groups in total. The molecule has 0 aromatic heterocycles. The minimum absolute atomic E-state index is 0.0102. The molecule has 1 aromatic rings. The molecule has 0 saturated heterocycles. The Labute approximate surface area is 98.7 Å². The van der Waals surface area contributed by atoms with Gasteiger partial charge in [-0.3, -0.25) is 0 Å². The molecule has 0 aliphatic carbocycles. The fourth-order valence-electron chi connectivity index (χ4n) is 1.37. The van der Waals surface area contributed by atoms with Gasteiger partial charge in [-0.15, -0.1) is 6.58 Å². The van der Waals surface area contributed by atoms with E-state index in [1.54, 1.807) is 0 Å². The minimum atomic E-state index is -0.0102. The predicted molar refractivity (Wildman–Crippen MR) is 65.1 cm³/mol. The van der Waals surface area contributed by atoms with Crippen molar-refractivity contribution >= 4 is 15.9 Å². The molecule has 82 valence electrons. The Morgan fingerprint density at radius 2 is 2.27 bits per heavy atom. The summed E-state index contributed by atoms with van der Waals surface area (Å²) in [5.74, 6) is 0.780. The smallest absolute Gasteiger partial charge is 0.127 e. The quantitative estimate of drug-likeness (QED) is 0.658. The van der Waals surface area contributed by atoms with Crippen molar-refractivity contribution in [3.8, 4) is 5.75 Å². The second kappa shape index (κ2) is 5.93. The van der Waals surface area contributed by atoms with E-state index >= 15 is 0 Å². The van der Waals surface area contributed by atoms with Gasteiger partial charge in [0, 0.05) is 10.0 Å². The van der Waals surface area contributed by atoms with Crippen LogP contribution in [0.25, 0.3) is 0 Å². The number of aryl methyl sites for hydroxylation is 1. The lowest BCUT2D eigenvalue weighted by Gasteiger charge is -2.12. The summed E-state index contributed by atoms with van der Waals surface area (Å²) in [6.45, 7) is 6.19. The van der Waals surface area contributed by atoms with Crippen molar-refractivity contribution in [1.82, 2.24) is 0 Å². The molecule has 0 amide bonds. The number of rotatable bonds is 5. The number of hydrogen-bond acceptors (Lipinski definition) is 2. The molecular formula is C12H15BrO2. The maximum Gasteiger partial charge on any atom is 0.127 e. The third-order valence-electron chi connectivity index (χ3n) is 2.06. The Morgan fingerprint density at radius 3 is 2.87 bits per heavy atom. The SMILES string of the molecule is C=CCCOc1c(C)cc(Br)cc1CO. The number of aliphatic hydroxyl groups excluding tert-OH is 1. The van der Waals surface area contributed by atoms with Crippen molar-refractivity contribution in [2.24, 2.45) is 0 Å². The van der Waals surface area contributed by atoms with Gasteiger partial charge in [0.05, 0.1) is 13.2 Å². The first-order chi connectivity index (χ1) is 7.19. The van der Waals surface area contributed by atoms with E-state index in [4.69, 9.17) is 4.74 Å². The molecule has 0 bridgehead atoms. The lowest BCUT2D eigenvalue weighted by atomic mass is 10.1. The van der Waals surface area contributed by atoms with Gasteiger partial charge in [0.15, 0.2) is 0 Å². The zero-order valence-corrected chi connectivity index (χ0v) is 10.4. The number of ether oxygens (including phenoxy) is 1. The van der Waals surface area contributed by atoms with Crippen LogP contribution in [0.15, 0.2) is 29.3 Å². The van der Waals surface area contributed by atoms with E-state index in [0.29, 0.717) is 6.61 Å². The topological polar surface area (TPSA) is 29.5 Å². The van der Waals surface area contributed by atoms with E-state index in [1.807, 2.05) is 25.1 Å². The fourth-order valence-corrected chi connectivity index (χ4v) is 1.99. The molecule has 1 aromatic carbocycles. The molecule has 0 saturated carbocycles. The van der Waals surface area contributed by atoms with Gasteiger partial charge in [-0.2, -0.15) is 0 Å².